The van der Waals surface area contributed by atoms with E-state index in [-0.39, 0.29) is 59.5 Å². The van der Waals surface area contributed by atoms with Crippen molar-refractivity contribution in [2.45, 2.75) is 132 Å². The van der Waals surface area contributed by atoms with E-state index in [0.717, 1.165) is 61.4 Å². The fourth-order valence-corrected chi connectivity index (χ4v) is 12.2. The van der Waals surface area contributed by atoms with Gasteiger partial charge in [-0.15, -0.1) is 0 Å². The number of hydrogen-bond donors (Lipinski definition) is 0. The van der Waals surface area contributed by atoms with Crippen molar-refractivity contribution in [3.05, 3.63) is 74.0 Å². The number of hydrogen-bond acceptors (Lipinski definition) is 12. The topological polar surface area (TPSA) is 158 Å². The Labute approximate surface area is 393 Å². The van der Waals surface area contributed by atoms with Crippen molar-refractivity contribution in [3.8, 4) is 0 Å². The lowest BCUT2D eigenvalue weighted by molar-refractivity contribution is -0.144. The van der Waals surface area contributed by atoms with Gasteiger partial charge in [-0.05, 0) is 98.7 Å². The van der Waals surface area contributed by atoms with E-state index in [4.69, 9.17) is 23.7 Å². The highest BCUT2D eigenvalue weighted by Crippen LogP contribution is 2.61. The van der Waals surface area contributed by atoms with Crippen LogP contribution in [0.15, 0.2) is 74.0 Å². The average molecular weight is 917 g/mol. The van der Waals surface area contributed by atoms with E-state index < -0.39 is 0 Å². The lowest BCUT2D eigenvalue weighted by atomic mass is 9.75. The van der Waals surface area contributed by atoms with E-state index in [1.807, 2.05) is 34.6 Å². The zero-order valence-corrected chi connectivity index (χ0v) is 40.9. The first-order valence-corrected chi connectivity index (χ1v) is 24.5. The van der Waals surface area contributed by atoms with Gasteiger partial charge in [0.25, 0.3) is 0 Å². The van der Waals surface area contributed by atoms with Crippen LogP contribution in [0.25, 0.3) is 0 Å². The van der Waals surface area contributed by atoms with Crippen LogP contribution in [-0.4, -0.2) is 35.8 Å². The van der Waals surface area contributed by atoms with Crippen LogP contribution in [0, 0.1) is 94.7 Å². The Morgan fingerprint density at radius 1 is 0.409 bits per heavy atom. The van der Waals surface area contributed by atoms with Gasteiger partial charge in [-0.25, -0.2) is 0 Å². The van der Waals surface area contributed by atoms with Gasteiger partial charge in [-0.2, -0.15) is 0 Å². The fourth-order valence-electron chi connectivity index (χ4n) is 12.2. The van der Waals surface area contributed by atoms with E-state index in [1.165, 1.54) is 25.7 Å². The minimum absolute atomic E-state index is 0.00519. The van der Waals surface area contributed by atoms with Gasteiger partial charge >= 0.3 is 35.8 Å². The third-order valence-electron chi connectivity index (χ3n) is 15.7. The number of allylic oxidation sites excluding steroid dienone is 6. The fraction of sp³-hybridized carbons (Fsp3) is 0.667. The number of cyclic esters (lactones) is 6. The monoisotopic (exact) mass is 917 g/mol. The Bertz CT molecular complexity index is 1880. The zero-order chi connectivity index (χ0) is 48.9. The van der Waals surface area contributed by atoms with Crippen molar-refractivity contribution in [1.82, 2.24) is 0 Å². The van der Waals surface area contributed by atoms with Gasteiger partial charge < -0.3 is 28.4 Å². The minimum Gasteiger partial charge on any atom is -0.432 e. The van der Waals surface area contributed by atoms with Crippen molar-refractivity contribution in [3.63, 3.8) is 0 Å². The van der Waals surface area contributed by atoms with Crippen molar-refractivity contribution < 1.29 is 57.2 Å². The van der Waals surface area contributed by atoms with Crippen LogP contribution in [-0.2, 0) is 57.2 Å². The summed E-state index contributed by atoms with van der Waals surface area (Å²) in [5, 5.41) is 0. The predicted molar refractivity (Wildman–Crippen MR) is 248 cm³/mol. The van der Waals surface area contributed by atoms with E-state index >= 15 is 0 Å². The first-order valence-electron chi connectivity index (χ1n) is 24.5. The van der Waals surface area contributed by atoms with Crippen LogP contribution in [0.5, 0.6) is 0 Å². The molecule has 0 aromatic heterocycles. The summed E-state index contributed by atoms with van der Waals surface area (Å²) in [7, 11) is 0. The smallest absolute Gasteiger partial charge is 0.315 e. The molecule has 12 heteroatoms. The first kappa shape index (κ1) is 52.2. The normalized spacial score (nSPS) is 39.3. The predicted octanol–water partition coefficient (Wildman–Crippen LogP) is 11.1. The number of carbonyl (C=O) groups is 6. The molecule has 11 fully saturated rings. The molecule has 11 aliphatic rings. The SMILES string of the molecule is C=C1CC(C)CC(=O)O1.C=C1OC(=O)C2C3CC(C12)[C@@H](C)C3.C=C1OC(=O)C2C3CC(C12)[C@@H](C)C3.C=C1OC(=O)C2CC[C@H](C)CC12.C=C1OC(=O)CC[C@@H]1C.C=C1OC(=O)C[C@@H]1C.CC. The molecule has 0 radical (unpaired) electrons. The summed E-state index contributed by atoms with van der Waals surface area (Å²) in [5.41, 5.74) is 0. The molecule has 66 heavy (non-hydrogen) atoms. The molecule has 0 N–H and O–H groups in total. The van der Waals surface area contributed by atoms with Gasteiger partial charge in [0.15, 0.2) is 0 Å². The molecule has 12 nitrogen and oxygen atoms in total. The molecule has 6 aliphatic heterocycles. The number of fused-ring (bicyclic) bond motifs is 11. The van der Waals surface area contributed by atoms with Gasteiger partial charge in [0.05, 0.1) is 24.2 Å². The van der Waals surface area contributed by atoms with Crippen LogP contribution in [0.4, 0.5) is 0 Å². The molecule has 5 aliphatic carbocycles. The summed E-state index contributed by atoms with van der Waals surface area (Å²) >= 11 is 0. The summed E-state index contributed by atoms with van der Waals surface area (Å²) < 4.78 is 29.4. The Hall–Kier alpha value is -4.74. The maximum absolute atomic E-state index is 11.5. The highest BCUT2D eigenvalue weighted by atomic mass is 16.6. The van der Waals surface area contributed by atoms with Gasteiger partial charge in [-0.3, -0.25) is 28.8 Å². The van der Waals surface area contributed by atoms with Crippen LogP contribution in [0.3, 0.4) is 0 Å². The Kier molecular flexibility index (Phi) is 17.7. The largest absolute Gasteiger partial charge is 0.432 e. The summed E-state index contributed by atoms with van der Waals surface area (Å²) in [6.07, 6.45) is 11.4. The van der Waals surface area contributed by atoms with Crippen LogP contribution < -0.4 is 0 Å². The highest BCUT2D eigenvalue weighted by Gasteiger charge is 2.60. The maximum Gasteiger partial charge on any atom is 0.315 e. The molecular formula is C54H76O12. The third-order valence-corrected chi connectivity index (χ3v) is 15.7. The number of rotatable bonds is 0. The van der Waals surface area contributed by atoms with E-state index in [0.29, 0.717) is 95.6 Å². The van der Waals surface area contributed by atoms with Crippen molar-refractivity contribution in [1.29, 1.82) is 0 Å². The lowest BCUT2D eigenvalue weighted by Gasteiger charge is -2.25. The molecule has 6 saturated heterocycles. The van der Waals surface area contributed by atoms with Gasteiger partial charge in [-0.1, -0.05) is 94.9 Å². The van der Waals surface area contributed by atoms with Gasteiger partial charge in [0.2, 0.25) is 0 Å². The Balaban J connectivity index is 0.000000149. The van der Waals surface area contributed by atoms with Crippen molar-refractivity contribution in [2.75, 3.05) is 0 Å². The van der Waals surface area contributed by atoms with Crippen LogP contribution >= 0.6 is 0 Å². The molecule has 0 amide bonds. The van der Waals surface area contributed by atoms with E-state index in [2.05, 4.69) is 65.0 Å². The molecule has 364 valence electrons. The molecule has 0 aromatic carbocycles. The lowest BCUT2D eigenvalue weighted by Crippen LogP contribution is -2.26. The molecule has 5 saturated carbocycles. The summed E-state index contributed by atoms with van der Waals surface area (Å²) in [5.74, 6) is 10.8. The second kappa shape index (κ2) is 22.4. The Morgan fingerprint density at radius 3 is 1.32 bits per heavy atom. The number of esters is 6. The summed E-state index contributed by atoms with van der Waals surface area (Å²) in [4.78, 5) is 65.7. The summed E-state index contributed by atoms with van der Waals surface area (Å²) in [6.45, 7) is 39.0. The molecule has 11 unspecified atom stereocenters. The minimum atomic E-state index is -0.150. The second-order valence-electron chi connectivity index (χ2n) is 20.6. The summed E-state index contributed by atoms with van der Waals surface area (Å²) in [6, 6.07) is 0. The highest BCUT2D eigenvalue weighted by molar-refractivity contribution is 5.79. The Morgan fingerprint density at radius 2 is 0.894 bits per heavy atom. The van der Waals surface area contributed by atoms with Crippen LogP contribution in [0.2, 0.25) is 0 Å². The molecular weight excluding hydrogens is 841 g/mol. The van der Waals surface area contributed by atoms with E-state index in [9.17, 15) is 28.8 Å². The molecule has 11 rings (SSSR count). The molecule has 4 bridgehead atoms. The molecule has 16 atom stereocenters. The molecule has 0 aromatic rings. The van der Waals surface area contributed by atoms with Gasteiger partial charge in [0.1, 0.15) is 34.6 Å². The first-order chi connectivity index (χ1) is 31.1. The quantitative estimate of drug-likeness (QED) is 0.167. The van der Waals surface area contributed by atoms with E-state index in [1.54, 1.807) is 0 Å². The molecule has 6 heterocycles. The average Bonchev–Trinajstić information content (AvgIpc) is 4.13. The standard InChI is InChI=1S/2C11H14O2.C10H14O2.2C7H10O2.C6H8O2.C2H6/c2*1-5-3-7-4-8(5)9-6(2)13-11(12)10(7)9;1-6-3-4-8-9(5-6)7(2)12-10(8)11;1-5-3-6(2)9-7(8)4-5;1-5-3-4-7(8)9-6(5)2;1-4-3-6(7)8-5(4)2;1-2/h2*5,7-10H,2-4H2,1H3;6,8-9H,2-5H2,1H3;2*5H,2-4H2,1H3;4H,2-3H2,1H3;1-2H3/t2*5-,7?,8?,9?,10?;6-,8?,9?;;5-;4-;/m000.00./s1. The van der Waals surface area contributed by atoms with Gasteiger partial charge in [0, 0.05) is 48.9 Å². The van der Waals surface area contributed by atoms with Crippen molar-refractivity contribution in [2.24, 2.45) is 94.7 Å². The number of ether oxygens (including phenoxy) is 6. The maximum atomic E-state index is 11.5. The molecule has 0 spiro atoms. The third kappa shape index (κ3) is 12.0. The second-order valence-corrected chi connectivity index (χ2v) is 20.6. The van der Waals surface area contributed by atoms with Crippen LogP contribution in [0.1, 0.15) is 132 Å². The van der Waals surface area contributed by atoms with Crippen molar-refractivity contribution >= 4 is 35.8 Å². The zero-order valence-electron chi connectivity index (χ0n) is 40.9. The number of carbonyl (C=O) groups excluding carboxylic acids is 6.